The average Bonchev–Trinajstić information content (AvgIpc) is 3.23. The molecule has 31 heavy (non-hydrogen) atoms. The molecule has 0 bridgehead atoms. The Labute approximate surface area is 181 Å². The van der Waals surface area contributed by atoms with Crippen LogP contribution < -0.4 is 4.90 Å². The highest BCUT2D eigenvalue weighted by Crippen LogP contribution is 2.35. The molecule has 3 heterocycles. The highest BCUT2D eigenvalue weighted by Gasteiger charge is 2.31. The molecule has 1 aliphatic rings. The summed E-state index contributed by atoms with van der Waals surface area (Å²) in [6, 6.07) is 6.12. The molecular weight excluding hydrogens is 397 g/mol. The van der Waals surface area contributed by atoms with E-state index in [4.69, 9.17) is 4.52 Å². The van der Waals surface area contributed by atoms with E-state index in [0.29, 0.717) is 29.2 Å². The van der Waals surface area contributed by atoms with E-state index in [1.54, 1.807) is 12.1 Å². The fraction of sp³-hybridized carbons (Fsp3) is 0.478. The number of hydrogen-bond acceptors (Lipinski definition) is 6. The van der Waals surface area contributed by atoms with Gasteiger partial charge in [-0.3, -0.25) is 4.79 Å². The summed E-state index contributed by atoms with van der Waals surface area (Å²) in [5.74, 6) is 0.559. The highest BCUT2D eigenvalue weighted by molar-refractivity contribution is 5.98. The summed E-state index contributed by atoms with van der Waals surface area (Å²) < 4.78 is 18.8. The molecule has 4 rings (SSSR count). The lowest BCUT2D eigenvalue weighted by Crippen LogP contribution is -2.45. The monoisotopic (exact) mass is 425 g/mol. The molecule has 0 N–H and O–H groups in total. The molecular formula is C23H28FN5O2. The van der Waals surface area contributed by atoms with E-state index >= 15 is 0 Å². The van der Waals surface area contributed by atoms with Crippen molar-refractivity contribution >= 4 is 22.8 Å². The number of anilines is 1. The zero-order chi connectivity index (χ0) is 21.8. The van der Waals surface area contributed by atoms with Gasteiger partial charge in [0.25, 0.3) is 5.71 Å². The van der Waals surface area contributed by atoms with Crippen molar-refractivity contribution in [2.24, 2.45) is 5.92 Å². The van der Waals surface area contributed by atoms with Gasteiger partial charge in [0.05, 0.1) is 5.92 Å². The van der Waals surface area contributed by atoms with Crippen LogP contribution in [0.25, 0.3) is 22.4 Å². The van der Waals surface area contributed by atoms with Crippen LogP contribution in [0.2, 0.25) is 0 Å². The molecule has 7 nitrogen and oxygen atoms in total. The van der Waals surface area contributed by atoms with Crippen LogP contribution >= 0.6 is 0 Å². The quantitative estimate of drug-likeness (QED) is 0.562. The third kappa shape index (κ3) is 4.38. The van der Waals surface area contributed by atoms with Crippen molar-refractivity contribution in [1.82, 2.24) is 20.0 Å². The number of rotatable bonds is 7. The predicted molar refractivity (Wildman–Crippen MR) is 117 cm³/mol. The van der Waals surface area contributed by atoms with Gasteiger partial charge in [0.15, 0.2) is 0 Å². The van der Waals surface area contributed by atoms with Crippen molar-refractivity contribution in [3.8, 4) is 11.3 Å². The second kappa shape index (κ2) is 9.41. The maximum Gasteiger partial charge on any atom is 0.263 e. The molecule has 2 aromatic heterocycles. The average molecular weight is 426 g/mol. The number of benzene rings is 1. The van der Waals surface area contributed by atoms with Crippen LogP contribution in [0.15, 0.2) is 35.1 Å². The normalized spacial score (nSPS) is 16.6. The fourth-order valence-corrected chi connectivity index (χ4v) is 4.32. The molecule has 0 unspecified atom stereocenters. The van der Waals surface area contributed by atoms with Gasteiger partial charge in [-0.15, -0.1) is 0 Å². The first-order valence-corrected chi connectivity index (χ1v) is 11.0. The van der Waals surface area contributed by atoms with Gasteiger partial charge in [-0.1, -0.05) is 19.0 Å². The molecule has 0 saturated carbocycles. The zero-order valence-electron chi connectivity index (χ0n) is 18.1. The number of carbonyl (C=O) groups is 1. The van der Waals surface area contributed by atoms with Gasteiger partial charge in [0, 0.05) is 31.7 Å². The number of halogens is 1. The maximum atomic E-state index is 13.4. The number of nitrogens with zero attached hydrogens (tertiary/aromatic N) is 5. The van der Waals surface area contributed by atoms with Gasteiger partial charge in [-0.05, 0) is 49.9 Å². The van der Waals surface area contributed by atoms with Crippen molar-refractivity contribution in [3.63, 3.8) is 0 Å². The van der Waals surface area contributed by atoms with E-state index in [1.807, 2.05) is 4.90 Å². The molecule has 8 heteroatoms. The Morgan fingerprint density at radius 3 is 2.65 bits per heavy atom. The van der Waals surface area contributed by atoms with Gasteiger partial charge < -0.3 is 14.3 Å². The molecule has 1 saturated heterocycles. The van der Waals surface area contributed by atoms with Gasteiger partial charge in [-0.2, -0.15) is 4.98 Å². The Morgan fingerprint density at radius 1 is 1.19 bits per heavy atom. The summed E-state index contributed by atoms with van der Waals surface area (Å²) in [7, 11) is 0. The van der Waals surface area contributed by atoms with Crippen LogP contribution in [0.4, 0.5) is 10.2 Å². The van der Waals surface area contributed by atoms with Gasteiger partial charge in [0.1, 0.15) is 29.0 Å². The van der Waals surface area contributed by atoms with Crippen molar-refractivity contribution in [2.45, 2.75) is 39.5 Å². The molecule has 1 amide bonds. The van der Waals surface area contributed by atoms with E-state index in [2.05, 4.69) is 33.9 Å². The van der Waals surface area contributed by atoms with E-state index in [1.165, 1.54) is 18.5 Å². The van der Waals surface area contributed by atoms with Crippen LogP contribution in [0, 0.1) is 11.7 Å². The minimum atomic E-state index is -0.311. The van der Waals surface area contributed by atoms with Crippen LogP contribution in [0.1, 0.15) is 39.5 Å². The Balaban J connectivity index is 1.64. The first kappa shape index (κ1) is 21.2. The molecule has 0 radical (unpaired) electrons. The number of fused-ring (bicyclic) bond motifs is 1. The maximum absolute atomic E-state index is 13.4. The smallest absolute Gasteiger partial charge is 0.263 e. The van der Waals surface area contributed by atoms with Crippen LogP contribution in [0.3, 0.4) is 0 Å². The number of carbonyl (C=O) groups excluding carboxylic acids is 1. The lowest BCUT2D eigenvalue weighted by Gasteiger charge is -2.35. The molecule has 3 aromatic rings. The summed E-state index contributed by atoms with van der Waals surface area (Å²) in [5.41, 5.74) is 1.70. The standard InChI is InChI=1S/C23H28FN5O2/c1-3-11-28(12-4-2)23(30)17-6-5-13-29(14-17)21-19-20(16-7-9-18(24)10-8-16)27-31-22(19)26-15-25-21/h7-10,15,17H,3-6,11-14H2,1-2H3/t17-/m0/s1. The Kier molecular flexibility index (Phi) is 6.44. The number of piperidine rings is 1. The summed E-state index contributed by atoms with van der Waals surface area (Å²) in [5, 5.41) is 4.88. The first-order valence-electron chi connectivity index (χ1n) is 11.0. The van der Waals surface area contributed by atoms with Crippen LogP contribution in [-0.2, 0) is 4.79 Å². The Morgan fingerprint density at radius 2 is 1.94 bits per heavy atom. The zero-order valence-corrected chi connectivity index (χ0v) is 18.1. The lowest BCUT2D eigenvalue weighted by atomic mass is 9.96. The van der Waals surface area contributed by atoms with Gasteiger partial charge in [0.2, 0.25) is 5.91 Å². The molecule has 0 spiro atoms. The predicted octanol–water partition coefficient (Wildman–Crippen LogP) is 4.29. The minimum absolute atomic E-state index is 0.0639. The number of aromatic nitrogens is 3. The van der Waals surface area contributed by atoms with E-state index in [9.17, 15) is 9.18 Å². The van der Waals surface area contributed by atoms with Gasteiger partial charge in [-0.25, -0.2) is 9.37 Å². The van der Waals surface area contributed by atoms with Crippen molar-refractivity contribution in [3.05, 3.63) is 36.4 Å². The number of amides is 1. The fourth-order valence-electron chi connectivity index (χ4n) is 4.32. The topological polar surface area (TPSA) is 75.4 Å². The minimum Gasteiger partial charge on any atom is -0.355 e. The van der Waals surface area contributed by atoms with E-state index in [0.717, 1.165) is 50.9 Å². The number of hydrogen-bond donors (Lipinski definition) is 0. The first-order chi connectivity index (χ1) is 15.1. The summed E-state index contributed by atoms with van der Waals surface area (Å²) in [6.07, 6.45) is 5.16. The van der Waals surface area contributed by atoms with Crippen molar-refractivity contribution in [2.75, 3.05) is 31.1 Å². The molecule has 164 valence electrons. The molecule has 1 aliphatic heterocycles. The molecule has 1 aromatic carbocycles. The Hall–Kier alpha value is -3.03. The van der Waals surface area contributed by atoms with Gasteiger partial charge >= 0.3 is 0 Å². The van der Waals surface area contributed by atoms with Crippen LogP contribution in [-0.4, -0.2) is 52.1 Å². The van der Waals surface area contributed by atoms with E-state index in [-0.39, 0.29) is 17.6 Å². The van der Waals surface area contributed by atoms with E-state index < -0.39 is 0 Å². The largest absolute Gasteiger partial charge is 0.355 e. The summed E-state index contributed by atoms with van der Waals surface area (Å²) in [4.78, 5) is 26.1. The second-order valence-electron chi connectivity index (χ2n) is 8.03. The molecule has 0 aliphatic carbocycles. The summed E-state index contributed by atoms with van der Waals surface area (Å²) >= 11 is 0. The van der Waals surface area contributed by atoms with Crippen molar-refractivity contribution < 1.29 is 13.7 Å². The highest BCUT2D eigenvalue weighted by atomic mass is 19.1. The van der Waals surface area contributed by atoms with Crippen LogP contribution in [0.5, 0.6) is 0 Å². The molecule has 1 fully saturated rings. The Bertz CT molecular complexity index is 1030. The SMILES string of the molecule is CCCN(CCC)C(=O)[C@H]1CCCN(c2ncnc3onc(-c4ccc(F)cc4)c23)C1. The third-order valence-corrected chi connectivity index (χ3v) is 5.74. The van der Waals surface area contributed by atoms with Crippen molar-refractivity contribution in [1.29, 1.82) is 0 Å². The second-order valence-corrected chi connectivity index (χ2v) is 8.03. The lowest BCUT2D eigenvalue weighted by molar-refractivity contribution is -0.135. The summed E-state index contributed by atoms with van der Waals surface area (Å²) in [6.45, 7) is 7.18. The third-order valence-electron chi connectivity index (χ3n) is 5.74. The molecule has 1 atom stereocenters.